The van der Waals surface area contributed by atoms with Crippen LogP contribution in [0.25, 0.3) is 6.08 Å². The maximum Gasteiger partial charge on any atom is 0.342 e. The van der Waals surface area contributed by atoms with Crippen molar-refractivity contribution in [3.8, 4) is 17.6 Å². The Labute approximate surface area is 148 Å². The molecule has 0 unspecified atom stereocenters. The lowest BCUT2D eigenvalue weighted by atomic mass is 10.2. The van der Waals surface area contributed by atoms with Crippen LogP contribution in [-0.4, -0.2) is 40.0 Å². The molecule has 0 spiro atoms. The number of nitrogens with zero attached hydrogens (tertiary/aromatic N) is 3. The van der Waals surface area contributed by atoms with E-state index in [1.807, 2.05) is 13.0 Å². The summed E-state index contributed by atoms with van der Waals surface area (Å²) < 4.78 is 10.5. The minimum absolute atomic E-state index is 0.0643. The maximum absolute atomic E-state index is 11.5. The van der Waals surface area contributed by atoms with Gasteiger partial charge >= 0.3 is 5.97 Å². The highest BCUT2D eigenvalue weighted by Gasteiger charge is 2.14. The highest BCUT2D eigenvalue weighted by molar-refractivity contribution is 8.04. The molecule has 0 saturated carbocycles. The minimum Gasteiger partial charge on any atom is -0.493 e. The number of benzene rings is 1. The lowest BCUT2D eigenvalue weighted by Gasteiger charge is -2.09. The number of aromatic amines is 1. The molecule has 0 atom stereocenters. The highest BCUT2D eigenvalue weighted by Crippen LogP contribution is 2.31. The molecule has 0 aliphatic carbocycles. The number of thioether (sulfide) groups is 1. The second-order valence-electron chi connectivity index (χ2n) is 4.69. The van der Waals surface area contributed by atoms with E-state index in [-0.39, 0.29) is 11.5 Å². The van der Waals surface area contributed by atoms with E-state index >= 15 is 0 Å². The van der Waals surface area contributed by atoms with Crippen LogP contribution in [0.2, 0.25) is 0 Å². The summed E-state index contributed by atoms with van der Waals surface area (Å²) in [6, 6.07) is 6.80. The molecule has 9 heteroatoms. The van der Waals surface area contributed by atoms with Gasteiger partial charge in [0.2, 0.25) is 5.16 Å². The molecule has 2 rings (SSSR count). The van der Waals surface area contributed by atoms with Crippen LogP contribution in [0.1, 0.15) is 18.3 Å². The Morgan fingerprint density at radius 1 is 1.48 bits per heavy atom. The molecule has 0 amide bonds. The van der Waals surface area contributed by atoms with Crippen LogP contribution in [0.5, 0.6) is 11.5 Å². The average molecular weight is 360 g/mol. The van der Waals surface area contributed by atoms with Crippen LogP contribution >= 0.6 is 11.8 Å². The van der Waals surface area contributed by atoms with Gasteiger partial charge < -0.3 is 14.6 Å². The van der Waals surface area contributed by atoms with Gasteiger partial charge in [0.15, 0.2) is 18.1 Å². The molecule has 1 aromatic heterocycles. The van der Waals surface area contributed by atoms with Crippen molar-refractivity contribution in [1.29, 1.82) is 5.26 Å². The molecule has 0 fully saturated rings. The van der Waals surface area contributed by atoms with Gasteiger partial charge in [0.1, 0.15) is 16.8 Å². The number of aromatic nitrogens is 3. The number of hydrogen-bond acceptors (Lipinski definition) is 7. The molecule has 2 aromatic rings. The van der Waals surface area contributed by atoms with Crippen LogP contribution in [0.3, 0.4) is 0 Å². The molecular formula is C16H16N4O4S. The first kappa shape index (κ1) is 18.4. The maximum atomic E-state index is 11.5. The van der Waals surface area contributed by atoms with Crippen molar-refractivity contribution in [2.75, 3.05) is 13.7 Å². The van der Waals surface area contributed by atoms with Crippen LogP contribution in [0.15, 0.2) is 28.3 Å². The number of ether oxygens (including phenoxy) is 2. The number of carboxylic acids is 1. The van der Waals surface area contributed by atoms with Crippen molar-refractivity contribution in [2.45, 2.75) is 18.5 Å². The van der Waals surface area contributed by atoms with Gasteiger partial charge in [-0.2, -0.15) is 5.26 Å². The van der Waals surface area contributed by atoms with Crippen LogP contribution in [0, 0.1) is 11.3 Å². The Hall–Kier alpha value is -2.99. The molecule has 1 aromatic carbocycles. The van der Waals surface area contributed by atoms with E-state index in [9.17, 15) is 9.90 Å². The number of H-pyrrole nitrogens is 1. The van der Waals surface area contributed by atoms with E-state index in [4.69, 9.17) is 14.7 Å². The quantitative estimate of drug-likeness (QED) is 0.544. The monoisotopic (exact) mass is 360 g/mol. The molecule has 2 N–H and O–H groups in total. The summed E-state index contributed by atoms with van der Waals surface area (Å²) in [6.07, 6.45) is 2.17. The normalized spacial score (nSPS) is 11.0. The summed E-state index contributed by atoms with van der Waals surface area (Å²) >= 11 is 0.952. The zero-order valence-corrected chi connectivity index (χ0v) is 14.5. The van der Waals surface area contributed by atoms with Crippen molar-refractivity contribution in [2.24, 2.45) is 0 Å². The third-order valence-corrected chi connectivity index (χ3v) is 3.91. The fourth-order valence-corrected chi connectivity index (χ4v) is 2.60. The third kappa shape index (κ3) is 4.99. The molecule has 1 heterocycles. The molecule has 130 valence electrons. The standard InChI is InChI=1S/C16H16N4O4S/c1-3-14-18-16(20-19-14)25-13(15(21)22)9-10-4-5-11(24-7-6-17)12(8-10)23-2/h4-5,8-9H,3,7H2,1-2H3,(H,21,22)(H,18,19,20)/b13-9-. The number of carboxylic acid groups (broad SMARTS) is 1. The molecule has 0 radical (unpaired) electrons. The highest BCUT2D eigenvalue weighted by atomic mass is 32.2. The summed E-state index contributed by atoms with van der Waals surface area (Å²) in [5.41, 5.74) is 0.609. The molecule has 0 bridgehead atoms. The van der Waals surface area contributed by atoms with E-state index in [1.165, 1.54) is 13.2 Å². The Morgan fingerprint density at radius 3 is 2.88 bits per heavy atom. The van der Waals surface area contributed by atoms with Crippen molar-refractivity contribution in [3.05, 3.63) is 34.5 Å². The molecule has 0 saturated heterocycles. The predicted octanol–water partition coefficient (Wildman–Crippen LogP) is 2.50. The van der Waals surface area contributed by atoms with E-state index in [1.54, 1.807) is 18.2 Å². The topological polar surface area (TPSA) is 121 Å². The Balaban J connectivity index is 2.27. The molecule has 8 nitrogen and oxygen atoms in total. The van der Waals surface area contributed by atoms with Crippen LogP contribution in [0.4, 0.5) is 0 Å². The number of aliphatic carboxylic acids is 1. The predicted molar refractivity (Wildman–Crippen MR) is 91.3 cm³/mol. The van der Waals surface area contributed by atoms with Gasteiger partial charge in [0, 0.05) is 6.42 Å². The van der Waals surface area contributed by atoms with Gasteiger partial charge in [0.25, 0.3) is 0 Å². The van der Waals surface area contributed by atoms with Gasteiger partial charge in [-0.05, 0) is 35.5 Å². The first-order valence-electron chi connectivity index (χ1n) is 7.29. The van der Waals surface area contributed by atoms with Crippen molar-refractivity contribution in [3.63, 3.8) is 0 Å². The minimum atomic E-state index is -1.09. The summed E-state index contributed by atoms with van der Waals surface area (Å²) in [7, 11) is 1.47. The van der Waals surface area contributed by atoms with Gasteiger partial charge in [-0.3, -0.25) is 5.10 Å². The summed E-state index contributed by atoms with van der Waals surface area (Å²) in [5, 5.41) is 25.1. The zero-order valence-electron chi connectivity index (χ0n) is 13.6. The molecule has 0 aliphatic rings. The first-order chi connectivity index (χ1) is 12.1. The molecular weight excluding hydrogens is 344 g/mol. The van der Waals surface area contributed by atoms with Crippen molar-refractivity contribution in [1.82, 2.24) is 15.2 Å². The van der Waals surface area contributed by atoms with Crippen molar-refractivity contribution >= 4 is 23.8 Å². The van der Waals surface area contributed by atoms with Crippen molar-refractivity contribution < 1.29 is 19.4 Å². The lowest BCUT2D eigenvalue weighted by Crippen LogP contribution is -1.99. The van der Waals surface area contributed by atoms with Gasteiger partial charge in [-0.1, -0.05) is 13.0 Å². The SMILES string of the molecule is CCc1nc(S/C(=C\c2ccc(OCC#N)c(OC)c2)C(=O)O)n[nH]1. The largest absolute Gasteiger partial charge is 0.493 e. The smallest absolute Gasteiger partial charge is 0.342 e. The number of hydrogen-bond donors (Lipinski definition) is 2. The average Bonchev–Trinajstić information content (AvgIpc) is 3.07. The summed E-state index contributed by atoms with van der Waals surface area (Å²) in [4.78, 5) is 15.8. The third-order valence-electron chi connectivity index (χ3n) is 3.04. The van der Waals surface area contributed by atoms with Crippen LogP contribution < -0.4 is 9.47 Å². The lowest BCUT2D eigenvalue weighted by molar-refractivity contribution is -0.131. The second-order valence-corrected chi connectivity index (χ2v) is 5.70. The first-order valence-corrected chi connectivity index (χ1v) is 8.11. The fourth-order valence-electron chi connectivity index (χ4n) is 1.87. The summed E-state index contributed by atoms with van der Waals surface area (Å²) in [6.45, 7) is 1.82. The molecule has 0 aliphatic heterocycles. The number of methoxy groups -OCH3 is 1. The van der Waals surface area contributed by atoms with E-state index in [0.717, 1.165) is 11.8 Å². The number of carbonyl (C=O) groups is 1. The number of nitrogens with one attached hydrogen (secondary N) is 1. The van der Waals surface area contributed by atoms with E-state index < -0.39 is 5.97 Å². The second kappa shape index (κ2) is 8.75. The van der Waals surface area contributed by atoms with Gasteiger partial charge in [0.05, 0.1) is 7.11 Å². The van der Waals surface area contributed by atoms with Gasteiger partial charge in [-0.15, -0.1) is 5.10 Å². The number of rotatable bonds is 8. The van der Waals surface area contributed by atoms with E-state index in [0.29, 0.717) is 34.5 Å². The zero-order chi connectivity index (χ0) is 18.2. The van der Waals surface area contributed by atoms with Crippen LogP contribution in [-0.2, 0) is 11.2 Å². The Bertz CT molecular complexity index is 826. The molecule has 25 heavy (non-hydrogen) atoms. The fraction of sp³-hybridized carbons (Fsp3) is 0.250. The Kier molecular flexibility index (Phi) is 6.42. The number of nitriles is 1. The number of aryl methyl sites for hydroxylation is 1. The van der Waals surface area contributed by atoms with E-state index in [2.05, 4.69) is 15.2 Å². The Morgan fingerprint density at radius 2 is 2.28 bits per heavy atom. The summed E-state index contributed by atoms with van der Waals surface area (Å²) in [5.74, 6) is 0.418. The van der Waals surface area contributed by atoms with Gasteiger partial charge in [-0.25, -0.2) is 9.78 Å².